The van der Waals surface area contributed by atoms with Crippen LogP contribution in [-0.4, -0.2) is 34.0 Å². The molecule has 2 aromatic heterocycles. The van der Waals surface area contributed by atoms with Crippen LogP contribution in [0.4, 0.5) is 0 Å². The third-order valence-electron chi connectivity index (χ3n) is 5.67. The Kier molecular flexibility index (Phi) is 6.85. The molecule has 0 aliphatic heterocycles. The van der Waals surface area contributed by atoms with E-state index in [-0.39, 0.29) is 17.3 Å². The first kappa shape index (κ1) is 24.4. The molecular formula is C27H19Cl2N5O3. The van der Waals surface area contributed by atoms with E-state index in [0.29, 0.717) is 38.3 Å². The van der Waals surface area contributed by atoms with Gasteiger partial charge in [-0.2, -0.15) is 10.2 Å². The molecule has 0 unspecified atom stereocenters. The van der Waals surface area contributed by atoms with Crippen molar-refractivity contribution in [2.75, 3.05) is 7.11 Å². The van der Waals surface area contributed by atoms with Crippen molar-refractivity contribution in [2.45, 2.75) is 6.54 Å². The third-order valence-corrected chi connectivity index (χ3v) is 6.23. The van der Waals surface area contributed by atoms with Crippen LogP contribution in [0.1, 0.15) is 5.56 Å². The molecule has 3 aromatic carbocycles. The van der Waals surface area contributed by atoms with Crippen molar-refractivity contribution in [3.63, 3.8) is 0 Å². The van der Waals surface area contributed by atoms with Gasteiger partial charge in [-0.1, -0.05) is 53.5 Å². The maximum atomic E-state index is 13.0. The van der Waals surface area contributed by atoms with Crippen molar-refractivity contribution in [3.8, 4) is 17.0 Å². The van der Waals surface area contributed by atoms with Gasteiger partial charge in [-0.3, -0.25) is 9.59 Å². The van der Waals surface area contributed by atoms with E-state index in [9.17, 15) is 9.59 Å². The van der Waals surface area contributed by atoms with E-state index in [2.05, 4.69) is 20.6 Å². The normalized spacial score (nSPS) is 11.3. The molecule has 0 atom stereocenters. The van der Waals surface area contributed by atoms with E-state index in [1.807, 2.05) is 30.3 Å². The van der Waals surface area contributed by atoms with Crippen LogP contribution in [-0.2, 0) is 11.3 Å². The molecule has 1 N–H and O–H groups in total. The van der Waals surface area contributed by atoms with Gasteiger partial charge in [0.05, 0.1) is 29.9 Å². The summed E-state index contributed by atoms with van der Waals surface area (Å²) >= 11 is 12.3. The molecule has 37 heavy (non-hydrogen) atoms. The maximum absolute atomic E-state index is 13.0. The van der Waals surface area contributed by atoms with E-state index in [1.54, 1.807) is 49.6 Å². The second-order valence-corrected chi connectivity index (χ2v) is 8.88. The summed E-state index contributed by atoms with van der Waals surface area (Å²) in [6, 6.07) is 21.4. The highest BCUT2D eigenvalue weighted by Gasteiger charge is 2.14. The molecular weight excluding hydrogens is 513 g/mol. The number of nitrogens with one attached hydrogen (secondary N) is 1. The third kappa shape index (κ3) is 5.16. The van der Waals surface area contributed by atoms with Gasteiger partial charge < -0.3 is 4.74 Å². The summed E-state index contributed by atoms with van der Waals surface area (Å²) in [6.07, 6.45) is 1.39. The topological polar surface area (TPSA) is 98.5 Å². The van der Waals surface area contributed by atoms with Crippen LogP contribution >= 0.6 is 23.2 Å². The predicted octanol–water partition coefficient (Wildman–Crippen LogP) is 5.08. The van der Waals surface area contributed by atoms with E-state index < -0.39 is 5.91 Å². The number of aromatic nitrogens is 3. The second-order valence-electron chi connectivity index (χ2n) is 8.08. The summed E-state index contributed by atoms with van der Waals surface area (Å²) in [5.41, 5.74) is 4.57. The lowest BCUT2D eigenvalue weighted by molar-refractivity contribution is -0.121. The standard InChI is InChI=1S/C27H19Cl2N5O3/c1-37-20-10-11-23-17(13-20)12-18(26(29)31-23)14-30-32-24(35)15-34-27(36)22-5-3-2-4-21(22)25(33-34)16-6-8-19(28)9-7-16/h2-14H,15H2,1H3,(H,32,35)/b30-14+. The number of carbonyl (C=O) groups is 1. The first-order chi connectivity index (χ1) is 17.9. The fourth-order valence-corrected chi connectivity index (χ4v) is 4.19. The Morgan fingerprint density at radius 3 is 2.57 bits per heavy atom. The van der Waals surface area contributed by atoms with Crippen molar-refractivity contribution in [3.05, 3.63) is 98.9 Å². The van der Waals surface area contributed by atoms with Crippen molar-refractivity contribution >= 4 is 57.0 Å². The van der Waals surface area contributed by atoms with Crippen molar-refractivity contribution < 1.29 is 9.53 Å². The van der Waals surface area contributed by atoms with Gasteiger partial charge in [0.25, 0.3) is 11.5 Å². The average molecular weight is 532 g/mol. The van der Waals surface area contributed by atoms with E-state index >= 15 is 0 Å². The average Bonchev–Trinajstić information content (AvgIpc) is 2.91. The number of halogens is 2. The number of hydrogen-bond donors (Lipinski definition) is 1. The summed E-state index contributed by atoms with van der Waals surface area (Å²) in [6.45, 7) is -0.331. The van der Waals surface area contributed by atoms with Gasteiger partial charge in [0.15, 0.2) is 0 Å². The smallest absolute Gasteiger partial charge is 0.275 e. The summed E-state index contributed by atoms with van der Waals surface area (Å²) in [5, 5.41) is 11.2. The molecule has 0 bridgehead atoms. The first-order valence-corrected chi connectivity index (χ1v) is 11.9. The Morgan fingerprint density at radius 2 is 1.81 bits per heavy atom. The lowest BCUT2D eigenvalue weighted by atomic mass is 10.1. The number of nitrogens with zero attached hydrogens (tertiary/aromatic N) is 4. The Labute approximate surface area is 221 Å². The molecule has 2 heterocycles. The Hall–Kier alpha value is -4.27. The lowest BCUT2D eigenvalue weighted by Gasteiger charge is -2.11. The van der Waals surface area contributed by atoms with Crippen LogP contribution in [0.5, 0.6) is 5.75 Å². The van der Waals surface area contributed by atoms with Gasteiger partial charge in [-0.25, -0.2) is 15.1 Å². The van der Waals surface area contributed by atoms with Crippen LogP contribution in [0.3, 0.4) is 0 Å². The molecule has 0 saturated heterocycles. The number of hydrazone groups is 1. The number of hydrogen-bond acceptors (Lipinski definition) is 6. The van der Waals surface area contributed by atoms with Gasteiger partial charge >= 0.3 is 0 Å². The number of ether oxygens (including phenoxy) is 1. The molecule has 10 heteroatoms. The molecule has 184 valence electrons. The number of benzene rings is 3. The number of methoxy groups -OCH3 is 1. The highest BCUT2D eigenvalue weighted by molar-refractivity contribution is 6.32. The van der Waals surface area contributed by atoms with Crippen molar-refractivity contribution in [1.82, 2.24) is 20.2 Å². The van der Waals surface area contributed by atoms with Crippen molar-refractivity contribution in [1.29, 1.82) is 0 Å². The maximum Gasteiger partial charge on any atom is 0.275 e. The lowest BCUT2D eigenvalue weighted by Crippen LogP contribution is -2.32. The number of pyridine rings is 1. The van der Waals surface area contributed by atoms with Gasteiger partial charge in [-0.15, -0.1) is 0 Å². The van der Waals surface area contributed by atoms with E-state index in [1.165, 1.54) is 6.21 Å². The van der Waals surface area contributed by atoms with Crippen LogP contribution in [0, 0.1) is 0 Å². The number of amides is 1. The number of carbonyl (C=O) groups excluding carboxylic acids is 1. The molecule has 0 saturated carbocycles. The summed E-state index contributed by atoms with van der Waals surface area (Å²) in [7, 11) is 1.58. The van der Waals surface area contributed by atoms with Gasteiger partial charge in [0.1, 0.15) is 17.4 Å². The quantitative estimate of drug-likeness (QED) is 0.187. The molecule has 0 fully saturated rings. The van der Waals surface area contributed by atoms with Crippen LogP contribution in [0.25, 0.3) is 32.9 Å². The molecule has 0 aliphatic rings. The van der Waals surface area contributed by atoms with Crippen LogP contribution in [0.15, 0.2) is 82.7 Å². The van der Waals surface area contributed by atoms with Gasteiger partial charge in [-0.05, 0) is 42.5 Å². The zero-order valence-corrected chi connectivity index (χ0v) is 21.0. The fourth-order valence-electron chi connectivity index (χ4n) is 3.87. The zero-order chi connectivity index (χ0) is 25.9. The number of rotatable bonds is 6. The van der Waals surface area contributed by atoms with Gasteiger partial charge in [0.2, 0.25) is 0 Å². The molecule has 0 aliphatic carbocycles. The Morgan fingerprint density at radius 1 is 1.05 bits per heavy atom. The molecule has 5 aromatic rings. The van der Waals surface area contributed by atoms with E-state index in [0.717, 1.165) is 15.6 Å². The zero-order valence-electron chi connectivity index (χ0n) is 19.5. The largest absolute Gasteiger partial charge is 0.497 e. The first-order valence-electron chi connectivity index (χ1n) is 11.1. The second kappa shape index (κ2) is 10.4. The fraction of sp³-hybridized carbons (Fsp3) is 0.0741. The van der Waals surface area contributed by atoms with Crippen molar-refractivity contribution in [2.24, 2.45) is 5.10 Å². The van der Waals surface area contributed by atoms with Crippen LogP contribution < -0.4 is 15.7 Å². The summed E-state index contributed by atoms with van der Waals surface area (Å²) in [4.78, 5) is 30.0. The predicted molar refractivity (Wildman–Crippen MR) is 145 cm³/mol. The minimum Gasteiger partial charge on any atom is -0.497 e. The minimum atomic E-state index is -0.533. The minimum absolute atomic E-state index is 0.232. The molecule has 0 spiro atoms. The summed E-state index contributed by atoms with van der Waals surface area (Å²) < 4.78 is 6.37. The van der Waals surface area contributed by atoms with Gasteiger partial charge in [0, 0.05) is 26.9 Å². The highest BCUT2D eigenvalue weighted by atomic mass is 35.5. The van der Waals surface area contributed by atoms with E-state index in [4.69, 9.17) is 27.9 Å². The SMILES string of the molecule is COc1ccc2nc(Cl)c(/C=N/NC(=O)Cn3nc(-c4ccc(Cl)cc4)c4ccccc4c3=O)cc2c1. The molecule has 1 amide bonds. The molecule has 0 radical (unpaired) electrons. The highest BCUT2D eigenvalue weighted by Crippen LogP contribution is 2.26. The Bertz CT molecular complexity index is 1730. The number of fused-ring (bicyclic) bond motifs is 2. The Balaban J connectivity index is 1.40. The molecule has 8 nitrogen and oxygen atoms in total. The van der Waals surface area contributed by atoms with Crippen LogP contribution in [0.2, 0.25) is 10.2 Å². The summed E-state index contributed by atoms with van der Waals surface area (Å²) in [5.74, 6) is 0.147. The molecule has 5 rings (SSSR count). The monoisotopic (exact) mass is 531 g/mol.